The van der Waals surface area contributed by atoms with Gasteiger partial charge < -0.3 is 5.11 Å². The predicted molar refractivity (Wildman–Crippen MR) is 64.9 cm³/mol. The summed E-state index contributed by atoms with van der Waals surface area (Å²) < 4.78 is 51.2. The molecule has 0 aromatic heterocycles. The van der Waals surface area contributed by atoms with Crippen molar-refractivity contribution >= 4 is 10.0 Å². The lowest BCUT2D eigenvalue weighted by atomic mass is 10.2. The molecule has 1 aliphatic rings. The fourth-order valence-corrected chi connectivity index (χ4v) is 3.08. The Kier molecular flexibility index (Phi) is 3.89. The van der Waals surface area contributed by atoms with Crippen LogP contribution in [0.2, 0.25) is 0 Å². The lowest BCUT2D eigenvalue weighted by molar-refractivity contribution is 0.131. The molecule has 19 heavy (non-hydrogen) atoms. The minimum atomic E-state index is -3.99. The maximum atomic E-state index is 13.1. The number of nitrogens with zero attached hydrogens (tertiary/aromatic N) is 1. The molecule has 0 radical (unpaired) electrons. The van der Waals surface area contributed by atoms with Gasteiger partial charge in [0.25, 0.3) is 0 Å². The molecule has 0 heterocycles. The van der Waals surface area contributed by atoms with Gasteiger partial charge >= 0.3 is 0 Å². The molecule has 1 aromatic carbocycles. The van der Waals surface area contributed by atoms with E-state index in [0.717, 1.165) is 29.3 Å². The Morgan fingerprint density at radius 3 is 2.32 bits per heavy atom. The summed E-state index contributed by atoms with van der Waals surface area (Å²) in [6.07, 6.45) is 1.02. The van der Waals surface area contributed by atoms with Gasteiger partial charge in [-0.05, 0) is 30.9 Å². The quantitative estimate of drug-likeness (QED) is 0.891. The van der Waals surface area contributed by atoms with Crippen molar-refractivity contribution in [3.05, 3.63) is 29.8 Å². The topological polar surface area (TPSA) is 57.6 Å². The van der Waals surface area contributed by atoms with Crippen molar-refractivity contribution in [2.75, 3.05) is 13.6 Å². The summed E-state index contributed by atoms with van der Waals surface area (Å²) in [5.41, 5.74) is 0. The number of aliphatic hydroxyl groups is 1. The van der Waals surface area contributed by atoms with Crippen molar-refractivity contribution in [3.63, 3.8) is 0 Å². The standard InChI is InChI=1S/C12H15F2NO3S/c1-15(7-12(16)8-2-3-8)19(17,18)11-5-9(13)4-10(14)6-11/h4-6,8,12,16H,2-3,7H2,1H3. The smallest absolute Gasteiger partial charge is 0.243 e. The third kappa shape index (κ3) is 3.29. The average molecular weight is 291 g/mol. The Morgan fingerprint density at radius 1 is 1.32 bits per heavy atom. The molecule has 106 valence electrons. The van der Waals surface area contributed by atoms with E-state index in [4.69, 9.17) is 0 Å². The molecule has 4 nitrogen and oxygen atoms in total. The van der Waals surface area contributed by atoms with Crippen LogP contribution in [0.3, 0.4) is 0 Å². The molecule has 1 atom stereocenters. The van der Waals surface area contributed by atoms with Crippen LogP contribution >= 0.6 is 0 Å². The van der Waals surface area contributed by atoms with E-state index in [-0.39, 0.29) is 12.5 Å². The molecule has 2 rings (SSSR count). The molecule has 1 fully saturated rings. The van der Waals surface area contributed by atoms with Crippen LogP contribution in [0.25, 0.3) is 0 Å². The molecule has 7 heteroatoms. The Bertz CT molecular complexity index is 552. The number of likely N-dealkylation sites (N-methyl/N-ethyl adjacent to an activating group) is 1. The Balaban J connectivity index is 2.20. The summed E-state index contributed by atoms with van der Waals surface area (Å²) in [7, 11) is -2.71. The van der Waals surface area contributed by atoms with Crippen molar-refractivity contribution in [2.45, 2.75) is 23.8 Å². The number of sulfonamides is 1. The second kappa shape index (κ2) is 5.15. The molecular weight excluding hydrogens is 276 g/mol. The third-order valence-electron chi connectivity index (χ3n) is 3.15. The first-order valence-corrected chi connectivity index (χ1v) is 7.35. The van der Waals surface area contributed by atoms with Gasteiger partial charge in [0.2, 0.25) is 10.0 Å². The summed E-state index contributed by atoms with van der Waals surface area (Å²) in [4.78, 5) is -0.449. The molecule has 1 saturated carbocycles. The van der Waals surface area contributed by atoms with E-state index in [9.17, 15) is 22.3 Å². The SMILES string of the molecule is CN(CC(O)C1CC1)S(=O)(=O)c1cc(F)cc(F)c1. The highest BCUT2D eigenvalue weighted by Gasteiger charge is 2.33. The lowest BCUT2D eigenvalue weighted by Crippen LogP contribution is -2.35. The Labute approximate surface area is 110 Å². The highest BCUT2D eigenvalue weighted by atomic mass is 32.2. The molecule has 1 N–H and O–H groups in total. The fraction of sp³-hybridized carbons (Fsp3) is 0.500. The maximum Gasteiger partial charge on any atom is 0.243 e. The van der Waals surface area contributed by atoms with Gasteiger partial charge in [-0.2, -0.15) is 4.31 Å². The normalized spacial score (nSPS) is 17.7. The number of halogens is 2. The van der Waals surface area contributed by atoms with Gasteiger partial charge in [0, 0.05) is 19.7 Å². The number of hydrogen-bond acceptors (Lipinski definition) is 3. The van der Waals surface area contributed by atoms with Gasteiger partial charge in [-0.15, -0.1) is 0 Å². The summed E-state index contributed by atoms with van der Waals surface area (Å²) in [6.45, 7) is -0.0782. The number of rotatable bonds is 5. The lowest BCUT2D eigenvalue weighted by Gasteiger charge is -2.20. The Morgan fingerprint density at radius 2 is 1.84 bits per heavy atom. The summed E-state index contributed by atoms with van der Waals surface area (Å²) in [6, 6.07) is 2.13. The van der Waals surface area contributed by atoms with Crippen LogP contribution < -0.4 is 0 Å². The fourth-order valence-electron chi connectivity index (χ4n) is 1.85. The number of hydrogen-bond donors (Lipinski definition) is 1. The van der Waals surface area contributed by atoms with Crippen molar-refractivity contribution in [1.29, 1.82) is 0 Å². The second-order valence-corrected chi connectivity index (χ2v) is 6.84. The van der Waals surface area contributed by atoms with E-state index in [1.54, 1.807) is 0 Å². The molecule has 0 saturated heterocycles. The summed E-state index contributed by atoms with van der Waals surface area (Å²) in [5.74, 6) is -1.77. The van der Waals surface area contributed by atoms with E-state index in [0.29, 0.717) is 6.07 Å². The zero-order valence-corrected chi connectivity index (χ0v) is 11.2. The molecule has 0 amide bonds. The van der Waals surface area contributed by atoms with Crippen LogP contribution in [0, 0.1) is 17.6 Å². The first-order chi connectivity index (χ1) is 8.80. The summed E-state index contributed by atoms with van der Waals surface area (Å²) >= 11 is 0. The van der Waals surface area contributed by atoms with Gasteiger partial charge in [0.1, 0.15) is 11.6 Å². The van der Waals surface area contributed by atoms with Crippen LogP contribution in [0.5, 0.6) is 0 Å². The molecule has 1 unspecified atom stereocenters. The highest BCUT2D eigenvalue weighted by molar-refractivity contribution is 7.89. The van der Waals surface area contributed by atoms with Crippen molar-refractivity contribution < 1.29 is 22.3 Å². The first kappa shape index (κ1) is 14.4. The molecule has 0 bridgehead atoms. The molecule has 0 aliphatic heterocycles. The second-order valence-electron chi connectivity index (χ2n) is 4.80. The number of aliphatic hydroxyl groups excluding tert-OH is 1. The predicted octanol–water partition coefficient (Wildman–Crippen LogP) is 1.36. The van der Waals surface area contributed by atoms with Gasteiger partial charge in [0.15, 0.2) is 0 Å². The molecular formula is C12H15F2NO3S. The maximum absolute atomic E-state index is 13.1. The van der Waals surface area contributed by atoms with Crippen molar-refractivity contribution in [3.8, 4) is 0 Å². The van der Waals surface area contributed by atoms with Gasteiger partial charge in [-0.25, -0.2) is 17.2 Å². The van der Waals surface area contributed by atoms with Gasteiger partial charge in [-0.1, -0.05) is 0 Å². The summed E-state index contributed by atoms with van der Waals surface area (Å²) in [5, 5.41) is 9.72. The zero-order valence-electron chi connectivity index (χ0n) is 10.4. The monoisotopic (exact) mass is 291 g/mol. The van der Waals surface area contributed by atoms with Crippen molar-refractivity contribution in [2.24, 2.45) is 5.92 Å². The minimum absolute atomic E-state index is 0.0782. The van der Waals surface area contributed by atoms with Crippen molar-refractivity contribution in [1.82, 2.24) is 4.31 Å². The van der Waals surface area contributed by atoms with E-state index in [1.165, 1.54) is 7.05 Å². The van der Waals surface area contributed by atoms with Crippen LogP contribution in [-0.4, -0.2) is 37.5 Å². The van der Waals surface area contributed by atoms with Crippen LogP contribution in [0.15, 0.2) is 23.1 Å². The Hall–Kier alpha value is -1.05. The van der Waals surface area contributed by atoms with E-state index >= 15 is 0 Å². The van der Waals surface area contributed by atoms with Crippen LogP contribution in [0.4, 0.5) is 8.78 Å². The first-order valence-electron chi connectivity index (χ1n) is 5.91. The van der Waals surface area contributed by atoms with E-state index in [1.807, 2.05) is 0 Å². The van der Waals surface area contributed by atoms with E-state index < -0.39 is 32.7 Å². The molecule has 1 aliphatic carbocycles. The van der Waals surface area contributed by atoms with Crippen LogP contribution in [0.1, 0.15) is 12.8 Å². The van der Waals surface area contributed by atoms with E-state index in [2.05, 4.69) is 0 Å². The van der Waals surface area contributed by atoms with Crippen LogP contribution in [-0.2, 0) is 10.0 Å². The highest BCUT2D eigenvalue weighted by Crippen LogP contribution is 2.33. The molecule has 1 aromatic rings. The largest absolute Gasteiger partial charge is 0.391 e. The third-order valence-corrected chi connectivity index (χ3v) is 4.96. The van der Waals surface area contributed by atoms with Gasteiger partial charge in [0.05, 0.1) is 11.0 Å². The number of benzene rings is 1. The average Bonchev–Trinajstić information content (AvgIpc) is 3.10. The zero-order chi connectivity index (χ0) is 14.2. The van der Waals surface area contributed by atoms with Gasteiger partial charge in [-0.3, -0.25) is 0 Å². The molecule has 0 spiro atoms. The minimum Gasteiger partial charge on any atom is -0.391 e.